The molecule has 1 N–H and O–H groups in total. The number of rotatable bonds is 3. The number of amides is 3. The van der Waals surface area contributed by atoms with Gasteiger partial charge in [-0.1, -0.05) is 0 Å². The van der Waals surface area contributed by atoms with Crippen molar-refractivity contribution < 1.29 is 14.3 Å². The molecule has 1 atom stereocenters. The molecule has 1 saturated heterocycles. The number of carbonyl (C=O) groups excluding carboxylic acids is 2. The number of methoxy groups -OCH3 is 1. The number of nitrogens with one attached hydrogen (secondary N) is 1. The van der Waals surface area contributed by atoms with E-state index < -0.39 is 0 Å². The van der Waals surface area contributed by atoms with Crippen LogP contribution < -0.4 is 5.32 Å². The number of hydrogen-bond acceptors (Lipinski definition) is 3. The van der Waals surface area contributed by atoms with Gasteiger partial charge in [-0.2, -0.15) is 0 Å². The van der Waals surface area contributed by atoms with Gasteiger partial charge in [0.2, 0.25) is 0 Å². The third-order valence-corrected chi connectivity index (χ3v) is 3.23. The topological polar surface area (TPSA) is 61.9 Å². The number of piperidine rings is 1. The summed E-state index contributed by atoms with van der Waals surface area (Å²) in [7, 11) is 1.38. The summed E-state index contributed by atoms with van der Waals surface area (Å²) in [4.78, 5) is 26.7. The summed E-state index contributed by atoms with van der Waals surface area (Å²) in [5.74, 6) is 0. The summed E-state index contributed by atoms with van der Waals surface area (Å²) >= 11 is 0. The molecule has 0 saturated carbocycles. The van der Waals surface area contributed by atoms with Crippen molar-refractivity contribution in [3.63, 3.8) is 0 Å². The van der Waals surface area contributed by atoms with Gasteiger partial charge in [-0.25, -0.2) is 9.59 Å². The van der Waals surface area contributed by atoms with E-state index in [4.69, 9.17) is 4.74 Å². The maximum atomic E-state index is 11.9. The van der Waals surface area contributed by atoms with Crippen molar-refractivity contribution in [3.8, 4) is 0 Å². The molecule has 18 heavy (non-hydrogen) atoms. The average molecular weight is 257 g/mol. The van der Waals surface area contributed by atoms with Gasteiger partial charge in [-0.3, -0.25) is 0 Å². The standard InChI is InChI=1S/C12H23N3O3/c1-4-14(5-2)11(16)13-10-7-6-8-15(9-10)12(17)18-3/h10H,4-9H2,1-3H3,(H,13,16). The molecule has 104 valence electrons. The first-order valence-corrected chi connectivity index (χ1v) is 6.50. The molecule has 0 aromatic heterocycles. The molecule has 0 aromatic rings. The Hall–Kier alpha value is -1.46. The third-order valence-electron chi connectivity index (χ3n) is 3.23. The van der Waals surface area contributed by atoms with E-state index in [9.17, 15) is 9.59 Å². The van der Waals surface area contributed by atoms with Gasteiger partial charge < -0.3 is 19.9 Å². The highest BCUT2D eigenvalue weighted by atomic mass is 16.5. The molecule has 1 aliphatic heterocycles. The van der Waals surface area contributed by atoms with E-state index in [-0.39, 0.29) is 18.2 Å². The highest BCUT2D eigenvalue weighted by Gasteiger charge is 2.25. The Morgan fingerprint density at radius 2 is 2.06 bits per heavy atom. The summed E-state index contributed by atoms with van der Waals surface area (Å²) in [6, 6.07) is -0.0392. The highest BCUT2D eigenvalue weighted by Crippen LogP contribution is 2.11. The molecule has 3 amide bonds. The minimum atomic E-state index is -0.322. The van der Waals surface area contributed by atoms with Gasteiger partial charge in [0.05, 0.1) is 7.11 Å². The van der Waals surface area contributed by atoms with Gasteiger partial charge in [0.15, 0.2) is 0 Å². The molecule has 1 heterocycles. The monoisotopic (exact) mass is 257 g/mol. The lowest BCUT2D eigenvalue weighted by molar-refractivity contribution is 0.106. The Bertz CT molecular complexity index is 292. The minimum Gasteiger partial charge on any atom is -0.453 e. The van der Waals surface area contributed by atoms with Crippen molar-refractivity contribution in [3.05, 3.63) is 0 Å². The second-order valence-electron chi connectivity index (χ2n) is 4.38. The first-order valence-electron chi connectivity index (χ1n) is 6.50. The SMILES string of the molecule is CCN(CC)C(=O)NC1CCCN(C(=O)OC)C1. The summed E-state index contributed by atoms with van der Waals surface area (Å²) in [6.07, 6.45) is 1.47. The van der Waals surface area contributed by atoms with Crippen LogP contribution in [0, 0.1) is 0 Å². The number of nitrogens with zero attached hydrogens (tertiary/aromatic N) is 2. The number of urea groups is 1. The zero-order valence-electron chi connectivity index (χ0n) is 11.4. The molecule has 6 heteroatoms. The number of carbonyl (C=O) groups is 2. The normalized spacial score (nSPS) is 19.3. The minimum absolute atomic E-state index is 0.0194. The Kier molecular flexibility index (Phi) is 5.74. The van der Waals surface area contributed by atoms with E-state index in [1.807, 2.05) is 13.8 Å². The fourth-order valence-electron chi connectivity index (χ4n) is 2.17. The van der Waals surface area contributed by atoms with Crippen LogP contribution in [0.3, 0.4) is 0 Å². The van der Waals surface area contributed by atoms with Gasteiger partial charge in [-0.05, 0) is 26.7 Å². The van der Waals surface area contributed by atoms with E-state index in [1.54, 1.807) is 9.80 Å². The molecule has 1 aliphatic rings. The predicted molar refractivity (Wildman–Crippen MR) is 68.5 cm³/mol. The van der Waals surface area contributed by atoms with Crippen molar-refractivity contribution in [2.45, 2.75) is 32.7 Å². The lowest BCUT2D eigenvalue weighted by Crippen LogP contribution is -2.52. The van der Waals surface area contributed by atoms with E-state index in [2.05, 4.69) is 5.32 Å². The van der Waals surface area contributed by atoms with Gasteiger partial charge in [0.25, 0.3) is 0 Å². The Balaban J connectivity index is 2.47. The molecule has 0 spiro atoms. The lowest BCUT2D eigenvalue weighted by atomic mass is 10.1. The third kappa shape index (κ3) is 3.78. The molecule has 1 fully saturated rings. The Labute approximate surface area is 108 Å². The first-order chi connectivity index (χ1) is 8.62. The quantitative estimate of drug-likeness (QED) is 0.828. The van der Waals surface area contributed by atoms with Gasteiger partial charge in [-0.15, -0.1) is 0 Å². The Morgan fingerprint density at radius 1 is 1.39 bits per heavy atom. The predicted octanol–water partition coefficient (Wildman–Crippen LogP) is 1.27. The molecule has 1 unspecified atom stereocenters. The molecule has 1 rings (SSSR count). The van der Waals surface area contributed by atoms with Crippen LogP contribution in [0.5, 0.6) is 0 Å². The van der Waals surface area contributed by atoms with E-state index >= 15 is 0 Å². The van der Waals surface area contributed by atoms with Crippen LogP contribution in [0.2, 0.25) is 0 Å². The molecule has 0 radical (unpaired) electrons. The lowest BCUT2D eigenvalue weighted by Gasteiger charge is -2.33. The summed E-state index contributed by atoms with van der Waals surface area (Å²) in [5, 5.41) is 2.97. The van der Waals surface area contributed by atoms with E-state index in [0.29, 0.717) is 26.2 Å². The van der Waals surface area contributed by atoms with Crippen LogP contribution in [-0.2, 0) is 4.74 Å². The van der Waals surface area contributed by atoms with Crippen LogP contribution >= 0.6 is 0 Å². The number of hydrogen-bond donors (Lipinski definition) is 1. The van der Waals surface area contributed by atoms with Crippen LogP contribution in [0.4, 0.5) is 9.59 Å². The fourth-order valence-corrected chi connectivity index (χ4v) is 2.17. The van der Waals surface area contributed by atoms with E-state index in [0.717, 1.165) is 12.8 Å². The first kappa shape index (κ1) is 14.6. The van der Waals surface area contributed by atoms with Crippen molar-refractivity contribution in [2.75, 3.05) is 33.3 Å². The number of ether oxygens (including phenoxy) is 1. The zero-order chi connectivity index (χ0) is 13.5. The maximum Gasteiger partial charge on any atom is 0.409 e. The van der Waals surface area contributed by atoms with Gasteiger partial charge in [0.1, 0.15) is 0 Å². The fraction of sp³-hybridized carbons (Fsp3) is 0.833. The summed E-state index contributed by atoms with van der Waals surface area (Å²) in [6.45, 7) is 6.50. The summed E-state index contributed by atoms with van der Waals surface area (Å²) in [5.41, 5.74) is 0. The highest BCUT2D eigenvalue weighted by molar-refractivity contribution is 5.74. The maximum absolute atomic E-state index is 11.9. The van der Waals surface area contributed by atoms with Crippen molar-refractivity contribution >= 4 is 12.1 Å². The second kappa shape index (κ2) is 7.08. The molecule has 6 nitrogen and oxygen atoms in total. The molecule has 0 aromatic carbocycles. The summed E-state index contributed by atoms with van der Waals surface area (Å²) < 4.78 is 4.70. The van der Waals surface area contributed by atoms with Crippen LogP contribution in [0.25, 0.3) is 0 Å². The second-order valence-corrected chi connectivity index (χ2v) is 4.38. The molecular weight excluding hydrogens is 234 g/mol. The van der Waals surface area contributed by atoms with E-state index in [1.165, 1.54) is 7.11 Å². The van der Waals surface area contributed by atoms with Crippen LogP contribution in [0.15, 0.2) is 0 Å². The zero-order valence-corrected chi connectivity index (χ0v) is 11.4. The average Bonchev–Trinajstić information content (AvgIpc) is 2.39. The molecular formula is C12H23N3O3. The Morgan fingerprint density at radius 3 is 2.61 bits per heavy atom. The van der Waals surface area contributed by atoms with Gasteiger partial charge in [0, 0.05) is 32.2 Å². The van der Waals surface area contributed by atoms with Crippen molar-refractivity contribution in [2.24, 2.45) is 0 Å². The van der Waals surface area contributed by atoms with Crippen molar-refractivity contribution in [1.82, 2.24) is 15.1 Å². The molecule has 0 bridgehead atoms. The van der Waals surface area contributed by atoms with Gasteiger partial charge >= 0.3 is 12.1 Å². The molecule has 0 aliphatic carbocycles. The van der Waals surface area contributed by atoms with Crippen LogP contribution in [-0.4, -0.2) is 61.3 Å². The smallest absolute Gasteiger partial charge is 0.409 e. The number of likely N-dealkylation sites (tertiary alicyclic amines) is 1. The largest absolute Gasteiger partial charge is 0.453 e. The van der Waals surface area contributed by atoms with Crippen LogP contribution in [0.1, 0.15) is 26.7 Å². The van der Waals surface area contributed by atoms with Crippen molar-refractivity contribution in [1.29, 1.82) is 0 Å².